The number of carbonyl (C=O) groups excluding carboxylic acids is 3. The number of thiazole rings is 1. The lowest BCUT2D eigenvalue weighted by atomic mass is 10.0. The molecule has 0 spiro atoms. The number of aromatic nitrogens is 1. The van der Waals surface area contributed by atoms with E-state index < -0.39 is 24.4 Å². The highest BCUT2D eigenvalue weighted by molar-refractivity contribution is 7.14. The van der Waals surface area contributed by atoms with Crippen LogP contribution < -0.4 is 20.1 Å². The maximum atomic E-state index is 13.0. The Hall–Kier alpha value is -5.00. The van der Waals surface area contributed by atoms with Crippen molar-refractivity contribution in [1.82, 2.24) is 4.98 Å². The van der Waals surface area contributed by atoms with Crippen molar-refractivity contribution >= 4 is 51.3 Å². The lowest BCUT2D eigenvalue weighted by Gasteiger charge is -2.15. The molecule has 3 aromatic carbocycles. The summed E-state index contributed by atoms with van der Waals surface area (Å²) in [5, 5.41) is 9.34. The van der Waals surface area contributed by atoms with Crippen LogP contribution in [0.3, 0.4) is 0 Å². The Bertz CT molecular complexity index is 1700. The first-order chi connectivity index (χ1) is 20.4. The zero-order chi connectivity index (χ0) is 29.5. The van der Waals surface area contributed by atoms with Crippen LogP contribution in [0.1, 0.15) is 20.0 Å². The summed E-state index contributed by atoms with van der Waals surface area (Å²) in [6.45, 7) is -0.563. The zero-order valence-corrected chi connectivity index (χ0v) is 24.2. The molecular formula is C31H25N3O6S2. The second kappa shape index (κ2) is 13.1. The van der Waals surface area contributed by atoms with Crippen molar-refractivity contribution in [1.29, 1.82) is 0 Å². The lowest BCUT2D eigenvalue weighted by molar-refractivity contribution is -0.119. The fourth-order valence-corrected chi connectivity index (χ4v) is 5.39. The number of nitrogens with zero attached hydrogens (tertiary/aromatic N) is 1. The summed E-state index contributed by atoms with van der Waals surface area (Å²) >= 11 is 2.52. The van der Waals surface area contributed by atoms with E-state index in [4.69, 9.17) is 14.2 Å². The van der Waals surface area contributed by atoms with Crippen molar-refractivity contribution in [3.05, 3.63) is 100 Å². The van der Waals surface area contributed by atoms with Crippen LogP contribution in [0.5, 0.6) is 11.5 Å². The van der Waals surface area contributed by atoms with Gasteiger partial charge in [0.2, 0.25) is 0 Å². The molecule has 0 fully saturated rings. The van der Waals surface area contributed by atoms with Crippen molar-refractivity contribution in [3.8, 4) is 33.9 Å². The zero-order valence-electron chi connectivity index (χ0n) is 22.6. The number of hydrogen-bond donors (Lipinski definition) is 2. The van der Waals surface area contributed by atoms with Crippen LogP contribution in [0.25, 0.3) is 22.4 Å². The number of methoxy groups -OCH3 is 2. The maximum absolute atomic E-state index is 13.0. The van der Waals surface area contributed by atoms with Crippen molar-refractivity contribution in [2.24, 2.45) is 0 Å². The molecule has 0 saturated heterocycles. The fourth-order valence-electron chi connectivity index (χ4n) is 4.03. The highest BCUT2D eigenvalue weighted by Gasteiger charge is 2.22. The molecule has 212 valence electrons. The minimum atomic E-state index is -0.828. The number of esters is 1. The van der Waals surface area contributed by atoms with Crippen LogP contribution in [-0.2, 0) is 9.53 Å². The van der Waals surface area contributed by atoms with E-state index in [1.165, 1.54) is 49.0 Å². The second-order valence-corrected chi connectivity index (χ2v) is 10.6. The van der Waals surface area contributed by atoms with Gasteiger partial charge in [-0.05, 0) is 22.6 Å². The minimum absolute atomic E-state index is 0.000778. The first-order valence-corrected chi connectivity index (χ1v) is 14.4. The molecule has 0 aliphatic heterocycles. The van der Waals surface area contributed by atoms with Crippen molar-refractivity contribution in [2.45, 2.75) is 0 Å². The Morgan fingerprint density at radius 3 is 2.17 bits per heavy atom. The summed E-state index contributed by atoms with van der Waals surface area (Å²) in [6.07, 6.45) is 0. The van der Waals surface area contributed by atoms with Crippen LogP contribution in [0, 0.1) is 0 Å². The Kier molecular flexibility index (Phi) is 8.90. The van der Waals surface area contributed by atoms with Gasteiger partial charge in [0.15, 0.2) is 23.2 Å². The monoisotopic (exact) mass is 599 g/mol. The normalized spacial score (nSPS) is 10.5. The Labute approximate surface area is 249 Å². The van der Waals surface area contributed by atoms with E-state index in [1.54, 1.807) is 17.5 Å². The highest BCUT2D eigenvalue weighted by Crippen LogP contribution is 2.34. The molecule has 0 unspecified atom stereocenters. The van der Waals surface area contributed by atoms with E-state index in [9.17, 15) is 14.4 Å². The lowest BCUT2D eigenvalue weighted by Crippen LogP contribution is -2.22. The second-order valence-electron chi connectivity index (χ2n) is 8.79. The number of carbonyl (C=O) groups is 3. The van der Waals surface area contributed by atoms with Gasteiger partial charge in [-0.15, -0.1) is 22.7 Å². The molecule has 0 aliphatic rings. The third kappa shape index (κ3) is 6.65. The van der Waals surface area contributed by atoms with Crippen molar-refractivity contribution in [2.75, 3.05) is 31.5 Å². The third-order valence-electron chi connectivity index (χ3n) is 6.11. The van der Waals surface area contributed by atoms with Crippen LogP contribution in [0.4, 0.5) is 10.8 Å². The molecule has 0 radical (unpaired) electrons. The summed E-state index contributed by atoms with van der Waals surface area (Å²) in [5.74, 6) is -1.23. The molecule has 5 rings (SSSR count). The van der Waals surface area contributed by atoms with Crippen molar-refractivity contribution < 1.29 is 28.6 Å². The van der Waals surface area contributed by atoms with Crippen molar-refractivity contribution in [3.63, 3.8) is 0 Å². The van der Waals surface area contributed by atoms with Gasteiger partial charge in [-0.25, -0.2) is 9.78 Å². The van der Waals surface area contributed by atoms with Crippen LogP contribution in [-0.4, -0.2) is 43.6 Å². The predicted octanol–water partition coefficient (Wildman–Crippen LogP) is 6.60. The van der Waals surface area contributed by atoms with E-state index in [0.29, 0.717) is 21.5 Å². The standard InChI is InChI=1S/C31H25N3O6S2/c1-38-25-15-22(23(16-26(25)39-2)32-29(36)27-9-6-14-41-27)30(37)40-17-28(35)34-31-33-24(18-42-31)21-12-10-20(11-13-21)19-7-4-3-5-8-19/h3-16,18H,17H2,1-2H3,(H,32,36)(H,33,34,35). The number of rotatable bonds is 10. The first kappa shape index (κ1) is 28.5. The third-order valence-corrected chi connectivity index (χ3v) is 7.74. The summed E-state index contributed by atoms with van der Waals surface area (Å²) in [7, 11) is 2.86. The van der Waals surface area contributed by atoms with E-state index in [0.717, 1.165) is 16.7 Å². The molecule has 2 aromatic heterocycles. The van der Waals surface area contributed by atoms with Gasteiger partial charge in [0.25, 0.3) is 11.8 Å². The maximum Gasteiger partial charge on any atom is 0.340 e. The predicted molar refractivity (Wildman–Crippen MR) is 164 cm³/mol. The molecule has 0 atom stereocenters. The molecule has 11 heteroatoms. The summed E-state index contributed by atoms with van der Waals surface area (Å²) in [4.78, 5) is 43.2. The number of ether oxygens (including phenoxy) is 3. The molecule has 0 aliphatic carbocycles. The van der Waals surface area contributed by atoms with Gasteiger partial charge >= 0.3 is 5.97 Å². The first-order valence-electron chi connectivity index (χ1n) is 12.6. The van der Waals surface area contributed by atoms with Crippen LogP contribution in [0.2, 0.25) is 0 Å². The van der Waals surface area contributed by atoms with Gasteiger partial charge in [-0.3, -0.25) is 14.9 Å². The topological polar surface area (TPSA) is 116 Å². The molecular weight excluding hydrogens is 574 g/mol. The summed E-state index contributed by atoms with van der Waals surface area (Å²) in [6, 6.07) is 24.3. The summed E-state index contributed by atoms with van der Waals surface area (Å²) in [5.41, 5.74) is 3.98. The Balaban J connectivity index is 1.23. The van der Waals surface area contributed by atoms with Gasteiger partial charge in [0, 0.05) is 23.1 Å². The molecule has 9 nitrogen and oxygen atoms in total. The smallest absolute Gasteiger partial charge is 0.340 e. The van der Waals surface area contributed by atoms with Gasteiger partial charge in [-0.1, -0.05) is 60.7 Å². The largest absolute Gasteiger partial charge is 0.493 e. The van der Waals surface area contributed by atoms with Gasteiger partial charge < -0.3 is 19.5 Å². The fraction of sp³-hybridized carbons (Fsp3) is 0.0968. The van der Waals surface area contributed by atoms with E-state index in [2.05, 4.69) is 15.6 Å². The number of anilines is 2. The van der Waals surface area contributed by atoms with Gasteiger partial charge in [0.1, 0.15) is 0 Å². The Morgan fingerprint density at radius 2 is 1.48 bits per heavy atom. The molecule has 42 heavy (non-hydrogen) atoms. The molecule has 0 bridgehead atoms. The summed E-state index contributed by atoms with van der Waals surface area (Å²) < 4.78 is 15.9. The highest BCUT2D eigenvalue weighted by atomic mass is 32.1. The number of amides is 2. The van der Waals surface area contributed by atoms with Gasteiger partial charge in [-0.2, -0.15) is 0 Å². The quantitative estimate of drug-likeness (QED) is 0.174. The minimum Gasteiger partial charge on any atom is -0.493 e. The average Bonchev–Trinajstić information content (AvgIpc) is 3.73. The Morgan fingerprint density at radius 1 is 0.786 bits per heavy atom. The molecule has 2 N–H and O–H groups in total. The average molecular weight is 600 g/mol. The van der Waals surface area contributed by atoms with Gasteiger partial charge in [0.05, 0.1) is 36.0 Å². The molecule has 0 saturated carbocycles. The number of benzene rings is 3. The number of nitrogens with one attached hydrogen (secondary N) is 2. The number of thiophene rings is 1. The SMILES string of the molecule is COc1cc(NC(=O)c2cccs2)c(C(=O)OCC(=O)Nc2nc(-c3ccc(-c4ccccc4)cc3)cs2)cc1OC. The van der Waals surface area contributed by atoms with Crippen LogP contribution >= 0.6 is 22.7 Å². The molecule has 5 aromatic rings. The van der Waals surface area contributed by atoms with E-state index in [1.807, 2.05) is 60.0 Å². The van der Waals surface area contributed by atoms with Crippen LogP contribution in [0.15, 0.2) is 89.6 Å². The van der Waals surface area contributed by atoms with E-state index >= 15 is 0 Å². The number of hydrogen-bond acceptors (Lipinski definition) is 9. The van der Waals surface area contributed by atoms with E-state index in [-0.39, 0.29) is 17.0 Å². The molecule has 2 heterocycles. The molecule has 2 amide bonds.